The summed E-state index contributed by atoms with van der Waals surface area (Å²) in [6, 6.07) is 17.0. The Labute approximate surface area is 130 Å². The lowest BCUT2D eigenvalue weighted by Crippen LogP contribution is -2.42. The van der Waals surface area contributed by atoms with E-state index in [4.69, 9.17) is 0 Å². The number of likely N-dealkylation sites (N-methyl/N-ethyl adjacent to an activating group) is 1. The molecule has 0 radical (unpaired) electrons. The van der Waals surface area contributed by atoms with Crippen LogP contribution in [0.3, 0.4) is 0 Å². The molecule has 4 heteroatoms. The van der Waals surface area contributed by atoms with Crippen molar-refractivity contribution in [2.75, 3.05) is 11.4 Å². The van der Waals surface area contributed by atoms with Crippen molar-refractivity contribution in [3.8, 4) is 0 Å². The minimum absolute atomic E-state index is 0.351. The summed E-state index contributed by atoms with van der Waals surface area (Å²) in [6.07, 6.45) is 0. The minimum atomic E-state index is -0.589. The third-order valence-corrected chi connectivity index (χ3v) is 3.52. The molecule has 2 aromatic carbocycles. The molecular formula is C18H20N2O2. The smallest absolute Gasteiger partial charge is 0.316 e. The number of aryl methyl sites for hydroxylation is 1. The van der Waals surface area contributed by atoms with Crippen LogP contribution in [-0.4, -0.2) is 18.4 Å². The topological polar surface area (TPSA) is 49.4 Å². The van der Waals surface area contributed by atoms with Crippen LogP contribution in [-0.2, 0) is 16.1 Å². The summed E-state index contributed by atoms with van der Waals surface area (Å²) in [5.41, 5.74) is 2.82. The van der Waals surface area contributed by atoms with Gasteiger partial charge in [0.15, 0.2) is 0 Å². The predicted octanol–water partition coefficient (Wildman–Crippen LogP) is 2.66. The number of anilines is 1. The number of hydrogen-bond acceptors (Lipinski definition) is 2. The Morgan fingerprint density at radius 3 is 2.27 bits per heavy atom. The van der Waals surface area contributed by atoms with Gasteiger partial charge in [-0.05, 0) is 37.1 Å². The quantitative estimate of drug-likeness (QED) is 0.882. The van der Waals surface area contributed by atoms with Gasteiger partial charge in [0.2, 0.25) is 0 Å². The molecule has 4 nitrogen and oxygen atoms in total. The van der Waals surface area contributed by atoms with Crippen molar-refractivity contribution in [2.45, 2.75) is 20.4 Å². The maximum Gasteiger partial charge on any atom is 0.316 e. The first-order valence-corrected chi connectivity index (χ1v) is 7.32. The van der Waals surface area contributed by atoms with Gasteiger partial charge in [0.25, 0.3) is 0 Å². The third-order valence-electron chi connectivity index (χ3n) is 3.52. The van der Waals surface area contributed by atoms with Gasteiger partial charge in [-0.15, -0.1) is 0 Å². The molecule has 0 aliphatic heterocycles. The largest absolute Gasteiger partial charge is 0.344 e. The Bertz CT molecular complexity index is 653. The second-order valence-corrected chi connectivity index (χ2v) is 4.99. The van der Waals surface area contributed by atoms with Crippen LogP contribution in [0.2, 0.25) is 0 Å². The van der Waals surface area contributed by atoms with E-state index >= 15 is 0 Å². The first-order chi connectivity index (χ1) is 10.6. The summed E-state index contributed by atoms with van der Waals surface area (Å²) in [4.78, 5) is 25.9. The van der Waals surface area contributed by atoms with E-state index in [1.165, 1.54) is 4.90 Å². The summed E-state index contributed by atoms with van der Waals surface area (Å²) in [7, 11) is 0. The minimum Gasteiger partial charge on any atom is -0.344 e. The van der Waals surface area contributed by atoms with E-state index in [1.807, 2.05) is 68.4 Å². The van der Waals surface area contributed by atoms with Crippen LogP contribution in [0.25, 0.3) is 0 Å². The van der Waals surface area contributed by atoms with Gasteiger partial charge in [-0.25, -0.2) is 0 Å². The first-order valence-electron chi connectivity index (χ1n) is 7.32. The molecule has 22 heavy (non-hydrogen) atoms. The first kappa shape index (κ1) is 15.8. The normalized spacial score (nSPS) is 10.1. The van der Waals surface area contributed by atoms with Crippen LogP contribution in [0, 0.1) is 6.92 Å². The van der Waals surface area contributed by atoms with Gasteiger partial charge < -0.3 is 10.2 Å². The molecule has 0 saturated heterocycles. The number of hydrogen-bond donors (Lipinski definition) is 1. The van der Waals surface area contributed by atoms with Gasteiger partial charge in [0, 0.05) is 18.8 Å². The zero-order valence-corrected chi connectivity index (χ0v) is 12.9. The van der Waals surface area contributed by atoms with Crippen LogP contribution in [0.5, 0.6) is 0 Å². The molecule has 0 spiro atoms. The molecule has 114 valence electrons. The van der Waals surface area contributed by atoms with Gasteiger partial charge in [0.05, 0.1) is 0 Å². The van der Waals surface area contributed by atoms with Gasteiger partial charge in [-0.1, -0.05) is 42.5 Å². The Morgan fingerprint density at radius 2 is 1.64 bits per heavy atom. The van der Waals surface area contributed by atoms with E-state index in [-0.39, 0.29) is 0 Å². The number of benzene rings is 2. The fourth-order valence-electron chi connectivity index (χ4n) is 2.23. The van der Waals surface area contributed by atoms with Gasteiger partial charge in [0.1, 0.15) is 0 Å². The number of rotatable bonds is 4. The maximum absolute atomic E-state index is 12.3. The third kappa shape index (κ3) is 3.73. The number of para-hydroxylation sites is 1. The van der Waals surface area contributed by atoms with Crippen LogP contribution >= 0.6 is 0 Å². The van der Waals surface area contributed by atoms with E-state index in [9.17, 15) is 9.59 Å². The molecule has 2 aromatic rings. The Hall–Kier alpha value is -2.62. The van der Waals surface area contributed by atoms with Crippen molar-refractivity contribution >= 4 is 17.5 Å². The zero-order valence-electron chi connectivity index (χ0n) is 12.9. The molecule has 0 fully saturated rings. The molecule has 0 atom stereocenters. The van der Waals surface area contributed by atoms with E-state index in [0.29, 0.717) is 13.1 Å². The van der Waals surface area contributed by atoms with Crippen LogP contribution in [0.4, 0.5) is 5.69 Å². The van der Waals surface area contributed by atoms with Crippen molar-refractivity contribution in [1.29, 1.82) is 0 Å². The summed E-state index contributed by atoms with van der Waals surface area (Å²) >= 11 is 0. The lowest BCUT2D eigenvalue weighted by molar-refractivity contribution is -0.137. The highest BCUT2D eigenvalue weighted by Crippen LogP contribution is 2.13. The molecular weight excluding hydrogens is 276 g/mol. The molecule has 0 heterocycles. The highest BCUT2D eigenvalue weighted by Gasteiger charge is 2.21. The van der Waals surface area contributed by atoms with Crippen LogP contribution in [0.1, 0.15) is 18.1 Å². The summed E-state index contributed by atoms with van der Waals surface area (Å²) in [5, 5.41) is 2.69. The lowest BCUT2D eigenvalue weighted by atomic mass is 10.1. The van der Waals surface area contributed by atoms with E-state index < -0.39 is 11.8 Å². The number of amides is 2. The Balaban J connectivity index is 2.02. The summed E-state index contributed by atoms with van der Waals surface area (Å²) in [5.74, 6) is -1.13. The van der Waals surface area contributed by atoms with Crippen molar-refractivity contribution in [3.05, 3.63) is 65.7 Å². The fourth-order valence-corrected chi connectivity index (χ4v) is 2.23. The fraction of sp³-hybridized carbons (Fsp3) is 0.222. The molecule has 1 N–H and O–H groups in total. The van der Waals surface area contributed by atoms with Gasteiger partial charge >= 0.3 is 11.8 Å². The van der Waals surface area contributed by atoms with Gasteiger partial charge in [-0.3, -0.25) is 9.59 Å². The van der Waals surface area contributed by atoms with Gasteiger partial charge in [-0.2, -0.15) is 0 Å². The number of nitrogens with one attached hydrogen (secondary N) is 1. The standard InChI is InChI=1S/C18H20N2O2/c1-3-20(16-11-5-4-6-12-16)18(22)17(21)19-13-15-10-8-7-9-14(15)2/h4-12H,3,13H2,1-2H3,(H,19,21). The maximum atomic E-state index is 12.3. The molecule has 0 aromatic heterocycles. The number of nitrogens with zero attached hydrogens (tertiary/aromatic N) is 1. The molecule has 0 saturated carbocycles. The SMILES string of the molecule is CCN(C(=O)C(=O)NCc1ccccc1C)c1ccccc1. The van der Waals surface area contributed by atoms with Crippen LogP contribution < -0.4 is 10.2 Å². The lowest BCUT2D eigenvalue weighted by Gasteiger charge is -2.20. The molecule has 0 bridgehead atoms. The van der Waals surface area contributed by atoms with E-state index in [0.717, 1.165) is 16.8 Å². The highest BCUT2D eigenvalue weighted by atomic mass is 16.2. The van der Waals surface area contributed by atoms with Crippen molar-refractivity contribution in [2.24, 2.45) is 0 Å². The average molecular weight is 296 g/mol. The second kappa shape index (κ2) is 7.41. The van der Waals surface area contributed by atoms with Crippen LogP contribution in [0.15, 0.2) is 54.6 Å². The molecule has 2 rings (SSSR count). The number of carbonyl (C=O) groups excluding carboxylic acids is 2. The highest BCUT2D eigenvalue weighted by molar-refractivity contribution is 6.40. The monoisotopic (exact) mass is 296 g/mol. The Kier molecular flexibility index (Phi) is 5.31. The van der Waals surface area contributed by atoms with Crippen molar-refractivity contribution < 1.29 is 9.59 Å². The van der Waals surface area contributed by atoms with Crippen molar-refractivity contribution in [3.63, 3.8) is 0 Å². The Morgan fingerprint density at radius 1 is 1.00 bits per heavy atom. The zero-order chi connectivity index (χ0) is 15.9. The second-order valence-electron chi connectivity index (χ2n) is 4.99. The van der Waals surface area contributed by atoms with Crippen molar-refractivity contribution in [1.82, 2.24) is 5.32 Å². The predicted molar refractivity (Wildman–Crippen MR) is 87.5 cm³/mol. The number of carbonyl (C=O) groups is 2. The molecule has 0 aliphatic carbocycles. The summed E-state index contributed by atoms with van der Waals surface area (Å²) in [6.45, 7) is 4.62. The average Bonchev–Trinajstić information content (AvgIpc) is 2.55. The molecule has 0 unspecified atom stereocenters. The molecule has 0 aliphatic rings. The molecule has 2 amide bonds. The summed E-state index contributed by atoms with van der Waals surface area (Å²) < 4.78 is 0. The van der Waals surface area contributed by atoms with E-state index in [1.54, 1.807) is 0 Å². The van der Waals surface area contributed by atoms with E-state index in [2.05, 4.69) is 5.32 Å².